The van der Waals surface area contributed by atoms with Crippen molar-refractivity contribution in [3.63, 3.8) is 0 Å². The first-order chi connectivity index (χ1) is 11.9. The second-order valence-corrected chi connectivity index (χ2v) is 9.08. The first kappa shape index (κ1) is 16.2. The molecule has 2 aliphatic rings. The summed E-state index contributed by atoms with van der Waals surface area (Å²) < 4.78 is 25.3. The number of hydrogen-bond donors (Lipinski definition) is 0. The summed E-state index contributed by atoms with van der Waals surface area (Å²) in [6.45, 7) is 0. The Bertz CT molecular complexity index is 901. The van der Waals surface area contributed by atoms with E-state index in [-0.39, 0.29) is 23.1 Å². The summed E-state index contributed by atoms with van der Waals surface area (Å²) in [5, 5.41) is 0. The van der Waals surface area contributed by atoms with E-state index in [0.717, 1.165) is 11.1 Å². The van der Waals surface area contributed by atoms with E-state index in [0.29, 0.717) is 24.0 Å². The number of fused-ring (bicyclic) bond motifs is 2. The Balaban J connectivity index is 1.48. The van der Waals surface area contributed by atoms with Gasteiger partial charge in [-0.2, -0.15) is 0 Å². The molecule has 4 rings (SSSR count). The molecule has 2 aromatic rings. The lowest BCUT2D eigenvalue weighted by atomic mass is 10.1. The molecule has 0 N–H and O–H groups in total. The molecule has 128 valence electrons. The van der Waals surface area contributed by atoms with Crippen molar-refractivity contribution in [1.29, 1.82) is 0 Å². The maximum Gasteiger partial charge on any atom is 0.167 e. The zero-order chi connectivity index (χ0) is 17.6. The second kappa shape index (κ2) is 5.92. The van der Waals surface area contributed by atoms with Crippen molar-refractivity contribution in [3.8, 4) is 0 Å². The van der Waals surface area contributed by atoms with Crippen LogP contribution in [0.1, 0.15) is 31.8 Å². The second-order valence-electron chi connectivity index (χ2n) is 6.92. The first-order valence-corrected chi connectivity index (χ1v) is 10.2. The van der Waals surface area contributed by atoms with Gasteiger partial charge >= 0.3 is 0 Å². The summed E-state index contributed by atoms with van der Waals surface area (Å²) in [6.07, 6.45) is 0.931. The standard InChI is InChI=1S/C20H18O4S/c21-19-15(9-13-5-1-3-7-17(13)19)11-25(23,24)12-16-10-14-6-2-4-8-18(14)20(16)22/h1-8,15-16H,9-12H2/t15-,16-/m0/s1. The third-order valence-electron chi connectivity index (χ3n) is 5.15. The van der Waals surface area contributed by atoms with Crippen LogP contribution >= 0.6 is 0 Å². The molecule has 5 heteroatoms. The maximum atomic E-state index is 12.6. The largest absolute Gasteiger partial charge is 0.294 e. The van der Waals surface area contributed by atoms with Gasteiger partial charge in [-0.05, 0) is 24.0 Å². The summed E-state index contributed by atoms with van der Waals surface area (Å²) in [4.78, 5) is 24.8. The lowest BCUT2D eigenvalue weighted by Gasteiger charge is -2.12. The van der Waals surface area contributed by atoms with E-state index in [1.165, 1.54) is 0 Å². The van der Waals surface area contributed by atoms with Gasteiger partial charge in [0.05, 0.1) is 11.5 Å². The van der Waals surface area contributed by atoms with Gasteiger partial charge in [-0.3, -0.25) is 9.59 Å². The highest BCUT2D eigenvalue weighted by molar-refractivity contribution is 7.91. The molecule has 25 heavy (non-hydrogen) atoms. The fourth-order valence-electron chi connectivity index (χ4n) is 3.98. The molecule has 2 aromatic carbocycles. The van der Waals surface area contributed by atoms with Gasteiger partial charge in [0.1, 0.15) is 0 Å². The van der Waals surface area contributed by atoms with Crippen LogP contribution in [-0.4, -0.2) is 31.5 Å². The predicted octanol–water partition coefficient (Wildman–Crippen LogP) is 2.51. The summed E-state index contributed by atoms with van der Waals surface area (Å²) in [7, 11) is -3.49. The summed E-state index contributed by atoms with van der Waals surface area (Å²) >= 11 is 0. The molecule has 0 saturated heterocycles. The van der Waals surface area contributed by atoms with Crippen LogP contribution in [0.3, 0.4) is 0 Å². The molecular weight excluding hydrogens is 336 g/mol. The van der Waals surface area contributed by atoms with Gasteiger partial charge in [0.15, 0.2) is 21.4 Å². The summed E-state index contributed by atoms with van der Waals surface area (Å²) in [6, 6.07) is 14.6. The molecule has 0 amide bonds. The van der Waals surface area contributed by atoms with Gasteiger partial charge in [0.2, 0.25) is 0 Å². The Hall–Kier alpha value is -2.27. The third kappa shape index (κ3) is 2.93. The van der Waals surface area contributed by atoms with Crippen molar-refractivity contribution >= 4 is 21.4 Å². The summed E-state index contributed by atoms with van der Waals surface area (Å²) in [5.74, 6) is -1.61. The van der Waals surface area contributed by atoms with Crippen LogP contribution in [-0.2, 0) is 22.7 Å². The number of ketones is 2. The Kier molecular flexibility index (Phi) is 3.84. The predicted molar refractivity (Wildman–Crippen MR) is 94.6 cm³/mol. The molecule has 0 unspecified atom stereocenters. The number of benzene rings is 2. The molecule has 0 saturated carbocycles. The number of rotatable bonds is 4. The Morgan fingerprint density at radius 3 is 1.52 bits per heavy atom. The van der Waals surface area contributed by atoms with Gasteiger partial charge in [0, 0.05) is 23.0 Å². The zero-order valence-corrected chi connectivity index (χ0v) is 14.5. The van der Waals surface area contributed by atoms with Crippen molar-refractivity contribution in [2.24, 2.45) is 11.8 Å². The van der Waals surface area contributed by atoms with Crippen LogP contribution < -0.4 is 0 Å². The maximum absolute atomic E-state index is 12.6. The van der Waals surface area contributed by atoms with E-state index < -0.39 is 21.7 Å². The first-order valence-electron chi connectivity index (χ1n) is 8.39. The molecule has 0 aliphatic heterocycles. The normalized spacial score (nSPS) is 22.1. The Morgan fingerprint density at radius 1 is 0.720 bits per heavy atom. The molecule has 4 nitrogen and oxygen atoms in total. The molecule has 0 aromatic heterocycles. The van der Waals surface area contributed by atoms with Gasteiger partial charge < -0.3 is 0 Å². The lowest BCUT2D eigenvalue weighted by molar-refractivity contribution is 0.0944. The average molecular weight is 354 g/mol. The fourth-order valence-corrected chi connectivity index (χ4v) is 5.88. The van der Waals surface area contributed by atoms with Crippen LogP contribution in [0.4, 0.5) is 0 Å². The van der Waals surface area contributed by atoms with Crippen LogP contribution in [0.2, 0.25) is 0 Å². The quantitative estimate of drug-likeness (QED) is 0.846. The number of hydrogen-bond acceptors (Lipinski definition) is 4. The average Bonchev–Trinajstić information content (AvgIpc) is 3.05. The van der Waals surface area contributed by atoms with Crippen LogP contribution in [0, 0.1) is 11.8 Å². The SMILES string of the molecule is O=C1c2ccccc2C[C@H]1CS(=O)(=O)C[C@@H]1Cc2ccccc2C1=O. The molecular formula is C20H18O4S. The van der Waals surface area contributed by atoms with Gasteiger partial charge in [-0.1, -0.05) is 48.5 Å². The smallest absolute Gasteiger partial charge is 0.167 e. The highest BCUT2D eigenvalue weighted by Crippen LogP contribution is 2.30. The van der Waals surface area contributed by atoms with Crippen LogP contribution in [0.25, 0.3) is 0 Å². The van der Waals surface area contributed by atoms with E-state index >= 15 is 0 Å². The van der Waals surface area contributed by atoms with Crippen molar-refractivity contribution < 1.29 is 18.0 Å². The highest BCUT2D eigenvalue weighted by atomic mass is 32.2. The summed E-state index contributed by atoms with van der Waals surface area (Å²) in [5.41, 5.74) is 3.09. The monoisotopic (exact) mass is 354 g/mol. The number of carbonyl (C=O) groups is 2. The lowest BCUT2D eigenvalue weighted by Crippen LogP contribution is -2.28. The molecule has 0 spiro atoms. The van der Waals surface area contributed by atoms with Gasteiger partial charge in [-0.15, -0.1) is 0 Å². The topological polar surface area (TPSA) is 68.3 Å². The fraction of sp³-hybridized carbons (Fsp3) is 0.300. The minimum Gasteiger partial charge on any atom is -0.294 e. The van der Waals surface area contributed by atoms with Crippen molar-refractivity contribution in [2.75, 3.05) is 11.5 Å². The minimum atomic E-state index is -3.49. The number of carbonyl (C=O) groups excluding carboxylic acids is 2. The van der Waals surface area contributed by atoms with E-state index in [1.54, 1.807) is 24.3 Å². The van der Waals surface area contributed by atoms with E-state index in [9.17, 15) is 18.0 Å². The number of sulfone groups is 1. The van der Waals surface area contributed by atoms with E-state index in [1.807, 2.05) is 24.3 Å². The van der Waals surface area contributed by atoms with Crippen molar-refractivity contribution in [1.82, 2.24) is 0 Å². The Labute approximate surface area is 146 Å². The zero-order valence-electron chi connectivity index (χ0n) is 13.6. The molecule has 2 aliphatic carbocycles. The van der Waals surface area contributed by atoms with E-state index in [2.05, 4.69) is 0 Å². The van der Waals surface area contributed by atoms with Gasteiger partial charge in [-0.25, -0.2) is 8.42 Å². The Morgan fingerprint density at radius 2 is 1.12 bits per heavy atom. The van der Waals surface area contributed by atoms with Gasteiger partial charge in [0.25, 0.3) is 0 Å². The van der Waals surface area contributed by atoms with Crippen LogP contribution in [0.5, 0.6) is 0 Å². The highest BCUT2D eigenvalue weighted by Gasteiger charge is 2.37. The van der Waals surface area contributed by atoms with Crippen LogP contribution in [0.15, 0.2) is 48.5 Å². The minimum absolute atomic E-state index is 0.0970. The van der Waals surface area contributed by atoms with E-state index in [4.69, 9.17) is 0 Å². The molecule has 0 radical (unpaired) electrons. The third-order valence-corrected chi connectivity index (χ3v) is 6.97. The molecule has 0 heterocycles. The van der Waals surface area contributed by atoms with Crippen molar-refractivity contribution in [2.45, 2.75) is 12.8 Å². The van der Waals surface area contributed by atoms with Crippen molar-refractivity contribution in [3.05, 3.63) is 70.8 Å². The molecule has 0 fully saturated rings. The molecule has 2 atom stereocenters. The number of Topliss-reactive ketones (excluding diaryl/α,β-unsaturated/α-hetero) is 2. The molecule has 0 bridgehead atoms.